The highest BCUT2D eigenvalue weighted by Gasteiger charge is 2.30. The standard InChI is InChI=1S/C29H34N6O4S2/c1-6-18-12-13-19-23(15-18)41-27(25(19)28(37)39-7-2)30-24(36)16-40-29-32-31-26(20-14-17(3)34(4)33-20)35(29)21-10-8-9-11-22(21)38-5/h8-11,14,18H,6-7,12-13,15-16H2,1-5H3,(H,30,36)/t18-/m1/s1. The van der Waals surface area contributed by atoms with Crippen LogP contribution in [0.15, 0.2) is 35.5 Å². The van der Waals surface area contributed by atoms with Gasteiger partial charge in [0.15, 0.2) is 11.0 Å². The van der Waals surface area contributed by atoms with Crippen LogP contribution < -0.4 is 10.1 Å². The van der Waals surface area contributed by atoms with Crippen LogP contribution >= 0.6 is 23.1 Å². The predicted octanol–water partition coefficient (Wildman–Crippen LogP) is 5.47. The van der Waals surface area contributed by atoms with Gasteiger partial charge in [0.2, 0.25) is 5.91 Å². The summed E-state index contributed by atoms with van der Waals surface area (Å²) in [5.74, 6) is 1.22. The number of thioether (sulfide) groups is 1. The molecule has 1 N–H and O–H groups in total. The normalized spacial score (nSPS) is 14.5. The second-order valence-corrected chi connectivity index (χ2v) is 11.9. The van der Waals surface area contributed by atoms with Gasteiger partial charge >= 0.3 is 5.97 Å². The molecule has 0 spiro atoms. The van der Waals surface area contributed by atoms with E-state index < -0.39 is 0 Å². The third-order valence-corrected chi connectivity index (χ3v) is 9.41. The highest BCUT2D eigenvalue weighted by molar-refractivity contribution is 7.99. The number of thiophene rings is 1. The summed E-state index contributed by atoms with van der Waals surface area (Å²) < 4.78 is 14.6. The monoisotopic (exact) mass is 594 g/mol. The van der Waals surface area contributed by atoms with Gasteiger partial charge in [-0.2, -0.15) is 5.10 Å². The lowest BCUT2D eigenvalue weighted by atomic mass is 9.85. The van der Waals surface area contributed by atoms with Gasteiger partial charge in [-0.25, -0.2) is 4.79 Å². The van der Waals surface area contributed by atoms with Crippen LogP contribution in [0.1, 0.15) is 53.2 Å². The molecule has 5 rings (SSSR count). The molecule has 1 aliphatic carbocycles. The summed E-state index contributed by atoms with van der Waals surface area (Å²) in [5, 5.41) is 17.5. The Labute approximate surface area is 247 Å². The maximum Gasteiger partial charge on any atom is 0.341 e. The fraction of sp³-hybridized carbons (Fsp3) is 0.414. The van der Waals surface area contributed by atoms with Crippen molar-refractivity contribution in [2.24, 2.45) is 13.0 Å². The summed E-state index contributed by atoms with van der Waals surface area (Å²) in [6.45, 7) is 6.23. The molecule has 3 aromatic heterocycles. The van der Waals surface area contributed by atoms with Crippen molar-refractivity contribution in [1.82, 2.24) is 24.5 Å². The average molecular weight is 595 g/mol. The average Bonchev–Trinajstić information content (AvgIpc) is 3.65. The third kappa shape index (κ3) is 5.89. The molecule has 1 amide bonds. The van der Waals surface area contributed by atoms with E-state index in [-0.39, 0.29) is 24.2 Å². The number of hydrogen-bond acceptors (Lipinski definition) is 9. The van der Waals surface area contributed by atoms with Crippen LogP contribution in [0.3, 0.4) is 0 Å². The zero-order valence-electron chi connectivity index (χ0n) is 23.9. The number of methoxy groups -OCH3 is 1. The van der Waals surface area contributed by atoms with Crippen LogP contribution in [-0.4, -0.2) is 55.9 Å². The molecule has 0 aliphatic heterocycles. The lowest BCUT2D eigenvalue weighted by Crippen LogP contribution is -2.18. The lowest BCUT2D eigenvalue weighted by molar-refractivity contribution is -0.113. The molecule has 1 atom stereocenters. The number of carbonyl (C=O) groups excluding carboxylic acids is 2. The Balaban J connectivity index is 1.42. The number of nitrogens with one attached hydrogen (secondary N) is 1. The molecule has 0 saturated heterocycles. The molecule has 3 heterocycles. The van der Waals surface area contributed by atoms with Gasteiger partial charge in [-0.3, -0.25) is 14.0 Å². The van der Waals surface area contributed by atoms with E-state index in [2.05, 4.69) is 27.5 Å². The van der Waals surface area contributed by atoms with E-state index in [4.69, 9.17) is 9.47 Å². The van der Waals surface area contributed by atoms with E-state index in [1.807, 2.05) is 48.9 Å². The van der Waals surface area contributed by atoms with E-state index >= 15 is 0 Å². The van der Waals surface area contributed by atoms with Gasteiger partial charge in [-0.15, -0.1) is 21.5 Å². The Morgan fingerprint density at radius 2 is 2.02 bits per heavy atom. The summed E-state index contributed by atoms with van der Waals surface area (Å²) in [5.41, 5.74) is 3.90. The molecule has 0 bridgehead atoms. The molecule has 0 saturated carbocycles. The van der Waals surface area contributed by atoms with Gasteiger partial charge in [-0.05, 0) is 62.8 Å². The minimum absolute atomic E-state index is 0.0664. The fourth-order valence-electron chi connectivity index (χ4n) is 5.03. The van der Waals surface area contributed by atoms with Crippen LogP contribution in [0.4, 0.5) is 5.00 Å². The number of amides is 1. The Morgan fingerprint density at radius 3 is 2.73 bits per heavy atom. The summed E-state index contributed by atoms with van der Waals surface area (Å²) >= 11 is 2.75. The number of anilines is 1. The first-order valence-electron chi connectivity index (χ1n) is 13.7. The number of esters is 1. The van der Waals surface area contributed by atoms with Crippen LogP contribution in [0.25, 0.3) is 17.2 Å². The van der Waals surface area contributed by atoms with E-state index in [0.717, 1.165) is 42.6 Å². The number of nitrogens with zero attached hydrogens (tertiary/aromatic N) is 5. The Kier molecular flexibility index (Phi) is 8.79. The molecule has 12 heteroatoms. The number of rotatable bonds is 10. The number of aromatic nitrogens is 5. The molecule has 0 fully saturated rings. The van der Waals surface area contributed by atoms with Crippen molar-refractivity contribution in [1.29, 1.82) is 0 Å². The molecule has 10 nitrogen and oxygen atoms in total. The number of ether oxygens (including phenoxy) is 2. The number of para-hydroxylation sites is 2. The van der Waals surface area contributed by atoms with Gasteiger partial charge in [0.05, 0.1) is 30.7 Å². The quantitative estimate of drug-likeness (QED) is 0.190. The van der Waals surface area contributed by atoms with Crippen molar-refractivity contribution < 1.29 is 19.1 Å². The molecular weight excluding hydrogens is 560 g/mol. The van der Waals surface area contributed by atoms with Crippen molar-refractivity contribution in [2.75, 3.05) is 24.8 Å². The smallest absolute Gasteiger partial charge is 0.341 e. The van der Waals surface area contributed by atoms with Crippen LogP contribution in [0.5, 0.6) is 5.75 Å². The topological polar surface area (TPSA) is 113 Å². The molecular formula is C29H34N6O4S2. The first-order chi connectivity index (χ1) is 19.8. The molecule has 216 valence electrons. The highest BCUT2D eigenvalue weighted by atomic mass is 32.2. The van der Waals surface area contributed by atoms with Gasteiger partial charge in [0.1, 0.15) is 16.4 Å². The van der Waals surface area contributed by atoms with Gasteiger partial charge in [0, 0.05) is 17.6 Å². The van der Waals surface area contributed by atoms with Gasteiger partial charge in [-0.1, -0.05) is 37.2 Å². The number of aryl methyl sites for hydroxylation is 2. The molecule has 1 aliphatic rings. The third-order valence-electron chi connectivity index (χ3n) is 7.31. The van der Waals surface area contributed by atoms with E-state index in [1.54, 1.807) is 18.7 Å². The number of carbonyl (C=O) groups is 2. The van der Waals surface area contributed by atoms with E-state index in [0.29, 0.717) is 38.9 Å². The molecule has 41 heavy (non-hydrogen) atoms. The molecule has 0 unspecified atom stereocenters. The largest absolute Gasteiger partial charge is 0.495 e. The lowest BCUT2D eigenvalue weighted by Gasteiger charge is -2.20. The Morgan fingerprint density at radius 1 is 1.22 bits per heavy atom. The number of benzene rings is 1. The first-order valence-corrected chi connectivity index (χ1v) is 15.5. The number of fused-ring (bicyclic) bond motifs is 1. The molecule has 4 aromatic rings. The van der Waals surface area contributed by atoms with Crippen molar-refractivity contribution in [3.8, 4) is 23.0 Å². The van der Waals surface area contributed by atoms with Crippen molar-refractivity contribution in [3.05, 3.63) is 52.0 Å². The fourth-order valence-corrected chi connectivity index (χ4v) is 7.14. The maximum atomic E-state index is 13.3. The summed E-state index contributed by atoms with van der Waals surface area (Å²) in [4.78, 5) is 27.4. The zero-order chi connectivity index (χ0) is 29.1. The van der Waals surface area contributed by atoms with Crippen molar-refractivity contribution in [2.45, 2.75) is 51.6 Å². The molecule has 1 aromatic carbocycles. The summed E-state index contributed by atoms with van der Waals surface area (Å²) in [7, 11) is 3.48. The minimum Gasteiger partial charge on any atom is -0.495 e. The molecule has 0 radical (unpaired) electrons. The zero-order valence-corrected chi connectivity index (χ0v) is 25.5. The van der Waals surface area contributed by atoms with Crippen LogP contribution in [0.2, 0.25) is 0 Å². The van der Waals surface area contributed by atoms with Crippen molar-refractivity contribution >= 4 is 40.0 Å². The predicted molar refractivity (Wildman–Crippen MR) is 160 cm³/mol. The second-order valence-electron chi connectivity index (χ2n) is 9.89. The van der Waals surface area contributed by atoms with Gasteiger partial charge in [0.25, 0.3) is 0 Å². The van der Waals surface area contributed by atoms with Crippen LogP contribution in [-0.2, 0) is 29.4 Å². The SMILES string of the molecule is CCOC(=O)c1c(NC(=O)CSc2nnc(-c3cc(C)n(C)n3)n2-c2ccccc2OC)sc2c1CC[C@@H](CC)C2. The first kappa shape index (κ1) is 28.9. The van der Waals surface area contributed by atoms with E-state index in [9.17, 15) is 9.59 Å². The summed E-state index contributed by atoms with van der Waals surface area (Å²) in [6.07, 6.45) is 3.87. The maximum absolute atomic E-state index is 13.3. The second kappa shape index (κ2) is 12.5. The van der Waals surface area contributed by atoms with Gasteiger partial charge < -0.3 is 14.8 Å². The Bertz CT molecular complexity index is 1550. The Hall–Kier alpha value is -3.64. The van der Waals surface area contributed by atoms with E-state index in [1.165, 1.54) is 28.0 Å². The summed E-state index contributed by atoms with van der Waals surface area (Å²) in [6, 6.07) is 9.52. The minimum atomic E-state index is -0.380. The van der Waals surface area contributed by atoms with Crippen LogP contribution in [0, 0.1) is 12.8 Å². The highest BCUT2D eigenvalue weighted by Crippen LogP contribution is 2.41. The number of hydrogen-bond donors (Lipinski definition) is 1. The van der Waals surface area contributed by atoms with Crippen molar-refractivity contribution in [3.63, 3.8) is 0 Å².